The number of nitrogens with zero attached hydrogens (tertiary/aromatic N) is 3. The zero-order valence-corrected chi connectivity index (χ0v) is 17.8. The third-order valence-corrected chi connectivity index (χ3v) is 6.05. The largest absolute Gasteiger partial charge is 0.309 e. The van der Waals surface area contributed by atoms with Gasteiger partial charge in [0.15, 0.2) is 5.13 Å². The van der Waals surface area contributed by atoms with Crippen molar-refractivity contribution in [1.82, 2.24) is 9.88 Å². The fourth-order valence-electron chi connectivity index (χ4n) is 3.42. The van der Waals surface area contributed by atoms with Gasteiger partial charge in [-0.1, -0.05) is 42.2 Å². The number of benzene rings is 1. The molecule has 3 rings (SSSR count). The molecule has 1 heterocycles. The van der Waals surface area contributed by atoms with Crippen molar-refractivity contribution >= 4 is 56.6 Å². The molecule has 0 aliphatic heterocycles. The highest BCUT2D eigenvalue weighted by molar-refractivity contribution is 7.22. The van der Waals surface area contributed by atoms with Crippen molar-refractivity contribution in [3.8, 4) is 0 Å². The lowest BCUT2D eigenvalue weighted by atomic mass is 9.88. The lowest BCUT2D eigenvalue weighted by Crippen LogP contribution is -2.38. The maximum absolute atomic E-state index is 13.2. The molecule has 1 aliphatic rings. The van der Waals surface area contributed by atoms with E-state index in [1.165, 1.54) is 6.42 Å². The van der Waals surface area contributed by atoms with Gasteiger partial charge in [0.2, 0.25) is 5.91 Å². The summed E-state index contributed by atoms with van der Waals surface area (Å²) in [7, 11) is 4.12. The van der Waals surface area contributed by atoms with Gasteiger partial charge in [-0.2, -0.15) is 0 Å². The summed E-state index contributed by atoms with van der Waals surface area (Å²) in [6.45, 7) is 1.69. The molecule has 1 aromatic heterocycles. The molecule has 4 nitrogen and oxygen atoms in total. The van der Waals surface area contributed by atoms with E-state index < -0.39 is 0 Å². The van der Waals surface area contributed by atoms with E-state index in [4.69, 9.17) is 16.6 Å². The molecule has 1 aromatic carbocycles. The van der Waals surface area contributed by atoms with Crippen molar-refractivity contribution in [2.75, 3.05) is 32.1 Å². The molecule has 0 saturated heterocycles. The molecule has 2 aromatic rings. The van der Waals surface area contributed by atoms with Crippen LogP contribution in [0.15, 0.2) is 18.2 Å². The van der Waals surface area contributed by atoms with Gasteiger partial charge in [0.25, 0.3) is 0 Å². The van der Waals surface area contributed by atoms with E-state index in [1.807, 2.05) is 23.1 Å². The molecule has 1 saturated carbocycles. The van der Waals surface area contributed by atoms with Crippen LogP contribution in [0.25, 0.3) is 10.2 Å². The SMILES string of the molecule is CN(C)CCCN(C(=O)C1CCCCC1)c1nc2ccc(Cl)cc2s1.Cl. The number of hydrogen-bond donors (Lipinski definition) is 0. The van der Waals surface area contributed by atoms with Gasteiger partial charge in [0, 0.05) is 17.5 Å². The Morgan fingerprint density at radius 1 is 1.23 bits per heavy atom. The average molecular weight is 416 g/mol. The number of halogens is 2. The molecule has 0 bridgehead atoms. The minimum absolute atomic E-state index is 0. The standard InChI is InChI=1S/C19H26ClN3OS.ClH/c1-22(2)11-6-12-23(18(24)14-7-4-3-5-8-14)19-21-16-10-9-15(20)13-17(16)25-19;/h9-10,13-14H,3-8,11-12H2,1-2H3;1H. The Labute approximate surface area is 170 Å². The summed E-state index contributed by atoms with van der Waals surface area (Å²) >= 11 is 7.67. The Bertz CT molecular complexity index is 729. The van der Waals surface area contributed by atoms with E-state index in [0.717, 1.165) is 60.5 Å². The molecule has 1 amide bonds. The van der Waals surface area contributed by atoms with Crippen molar-refractivity contribution in [1.29, 1.82) is 0 Å². The predicted octanol–water partition coefficient (Wildman–Crippen LogP) is 5.24. The van der Waals surface area contributed by atoms with Crippen LogP contribution in [0.2, 0.25) is 5.02 Å². The summed E-state index contributed by atoms with van der Waals surface area (Å²) in [5, 5.41) is 1.52. The first-order valence-electron chi connectivity index (χ1n) is 9.07. The summed E-state index contributed by atoms with van der Waals surface area (Å²) in [5.41, 5.74) is 0.915. The van der Waals surface area contributed by atoms with Gasteiger partial charge in [0.05, 0.1) is 10.2 Å². The Morgan fingerprint density at radius 2 is 1.96 bits per heavy atom. The number of carbonyl (C=O) groups is 1. The number of rotatable bonds is 6. The molecule has 7 heteroatoms. The lowest BCUT2D eigenvalue weighted by molar-refractivity contribution is -0.123. The molecule has 144 valence electrons. The van der Waals surface area contributed by atoms with Crippen molar-refractivity contribution in [3.63, 3.8) is 0 Å². The van der Waals surface area contributed by atoms with Crippen molar-refractivity contribution in [2.45, 2.75) is 38.5 Å². The second-order valence-corrected chi connectivity index (χ2v) is 8.54. The maximum atomic E-state index is 13.2. The smallest absolute Gasteiger partial charge is 0.231 e. The van der Waals surface area contributed by atoms with E-state index >= 15 is 0 Å². The van der Waals surface area contributed by atoms with Crippen LogP contribution in [0.5, 0.6) is 0 Å². The third kappa shape index (κ3) is 5.32. The first kappa shape index (κ1) is 21.4. The molecular formula is C19H27Cl2N3OS. The van der Waals surface area contributed by atoms with E-state index in [2.05, 4.69) is 19.0 Å². The van der Waals surface area contributed by atoms with Crippen LogP contribution in [0.1, 0.15) is 38.5 Å². The minimum Gasteiger partial charge on any atom is -0.309 e. The highest BCUT2D eigenvalue weighted by Crippen LogP contribution is 2.33. The minimum atomic E-state index is 0. The van der Waals surface area contributed by atoms with E-state index in [0.29, 0.717) is 5.02 Å². The molecule has 0 atom stereocenters. The van der Waals surface area contributed by atoms with Crippen LogP contribution in [0, 0.1) is 5.92 Å². The number of fused-ring (bicyclic) bond motifs is 1. The Hall–Kier alpha value is -0.880. The van der Waals surface area contributed by atoms with Gasteiger partial charge in [0.1, 0.15) is 0 Å². The molecule has 0 radical (unpaired) electrons. The van der Waals surface area contributed by atoms with E-state index in [-0.39, 0.29) is 24.2 Å². The van der Waals surface area contributed by atoms with E-state index in [9.17, 15) is 4.79 Å². The van der Waals surface area contributed by atoms with Crippen LogP contribution in [0.3, 0.4) is 0 Å². The molecule has 0 N–H and O–H groups in total. The van der Waals surface area contributed by atoms with Crippen LogP contribution >= 0.6 is 35.3 Å². The Morgan fingerprint density at radius 3 is 2.65 bits per heavy atom. The molecule has 26 heavy (non-hydrogen) atoms. The number of carbonyl (C=O) groups excluding carboxylic acids is 1. The maximum Gasteiger partial charge on any atom is 0.231 e. The zero-order chi connectivity index (χ0) is 17.8. The monoisotopic (exact) mass is 415 g/mol. The molecule has 0 spiro atoms. The van der Waals surface area contributed by atoms with Crippen molar-refractivity contribution < 1.29 is 4.79 Å². The Kier molecular flexibility index (Phi) is 8.14. The van der Waals surface area contributed by atoms with Gasteiger partial charge < -0.3 is 4.90 Å². The van der Waals surface area contributed by atoms with Crippen molar-refractivity contribution in [2.24, 2.45) is 5.92 Å². The number of hydrogen-bond acceptors (Lipinski definition) is 4. The fraction of sp³-hybridized carbons (Fsp3) is 0.579. The van der Waals surface area contributed by atoms with Gasteiger partial charge in [-0.15, -0.1) is 12.4 Å². The summed E-state index contributed by atoms with van der Waals surface area (Å²) in [6, 6.07) is 5.72. The highest BCUT2D eigenvalue weighted by Gasteiger charge is 2.28. The number of thiazole rings is 1. The van der Waals surface area contributed by atoms with Crippen LogP contribution < -0.4 is 4.90 Å². The summed E-state index contributed by atoms with van der Waals surface area (Å²) in [4.78, 5) is 22.0. The summed E-state index contributed by atoms with van der Waals surface area (Å²) in [6.07, 6.45) is 6.56. The van der Waals surface area contributed by atoms with Gasteiger partial charge in [-0.05, 0) is 58.1 Å². The van der Waals surface area contributed by atoms with Crippen LogP contribution in [0.4, 0.5) is 5.13 Å². The average Bonchev–Trinajstić information content (AvgIpc) is 3.01. The number of amides is 1. The third-order valence-electron chi connectivity index (χ3n) is 4.78. The van der Waals surface area contributed by atoms with Crippen LogP contribution in [-0.2, 0) is 4.79 Å². The topological polar surface area (TPSA) is 36.4 Å². The number of anilines is 1. The highest BCUT2D eigenvalue weighted by atomic mass is 35.5. The van der Waals surface area contributed by atoms with Gasteiger partial charge in [-0.25, -0.2) is 4.98 Å². The fourth-order valence-corrected chi connectivity index (χ4v) is 4.69. The normalized spacial score (nSPS) is 15.2. The predicted molar refractivity (Wildman–Crippen MR) is 114 cm³/mol. The molecule has 1 aliphatic carbocycles. The van der Waals surface area contributed by atoms with Crippen LogP contribution in [-0.4, -0.2) is 43.0 Å². The molecule has 0 unspecified atom stereocenters. The van der Waals surface area contributed by atoms with E-state index in [1.54, 1.807) is 11.3 Å². The first-order valence-corrected chi connectivity index (χ1v) is 10.3. The zero-order valence-electron chi connectivity index (χ0n) is 15.4. The van der Waals surface area contributed by atoms with Gasteiger partial charge >= 0.3 is 0 Å². The van der Waals surface area contributed by atoms with Crippen molar-refractivity contribution in [3.05, 3.63) is 23.2 Å². The quantitative estimate of drug-likeness (QED) is 0.647. The summed E-state index contributed by atoms with van der Waals surface area (Å²) in [5.74, 6) is 0.410. The molecular weight excluding hydrogens is 389 g/mol. The first-order chi connectivity index (χ1) is 12.0. The summed E-state index contributed by atoms with van der Waals surface area (Å²) < 4.78 is 1.04. The molecule has 1 fully saturated rings. The number of aromatic nitrogens is 1. The second kappa shape index (κ2) is 9.88. The lowest BCUT2D eigenvalue weighted by Gasteiger charge is -2.28. The Balaban J connectivity index is 0.00000243. The van der Waals surface area contributed by atoms with Gasteiger partial charge in [-0.3, -0.25) is 9.69 Å². The second-order valence-electron chi connectivity index (χ2n) is 7.09.